The van der Waals surface area contributed by atoms with Crippen LogP contribution in [0.4, 0.5) is 0 Å². The third kappa shape index (κ3) is 8.72. The normalized spacial score (nSPS) is 19.8. The Bertz CT molecular complexity index is 2420. The number of ketones is 1. The lowest BCUT2D eigenvalue weighted by Gasteiger charge is -2.31. The number of amides is 3. The molecule has 326 valence electrons. The minimum absolute atomic E-state index is 0.00638. The largest absolute Gasteiger partial charge is 0.340 e. The Morgan fingerprint density at radius 1 is 0.547 bits per heavy atom. The summed E-state index contributed by atoms with van der Waals surface area (Å²) in [4.78, 5) is 70.5. The zero-order valence-corrected chi connectivity index (χ0v) is 37.6. The number of benzene rings is 4. The first-order valence-corrected chi connectivity index (χ1v) is 24.7. The number of aromatic nitrogens is 2. The first kappa shape index (κ1) is 42.2. The quantitative estimate of drug-likeness (QED) is 0.117. The highest BCUT2D eigenvalue weighted by Gasteiger charge is 2.40. The molecular formula is C53H53N5O4S2. The van der Waals surface area contributed by atoms with Crippen LogP contribution >= 0.6 is 22.7 Å². The summed E-state index contributed by atoms with van der Waals surface area (Å²) in [5, 5.41) is 4.97. The average Bonchev–Trinajstić information content (AvgIpc) is 4.14. The van der Waals surface area contributed by atoms with Crippen molar-refractivity contribution < 1.29 is 19.2 Å². The minimum atomic E-state index is -0.714. The van der Waals surface area contributed by atoms with Gasteiger partial charge in [-0.3, -0.25) is 19.2 Å². The van der Waals surface area contributed by atoms with Gasteiger partial charge in [-0.2, -0.15) is 0 Å². The van der Waals surface area contributed by atoms with Crippen molar-refractivity contribution >= 4 is 46.2 Å². The topological polar surface area (TPSA) is 113 Å². The van der Waals surface area contributed by atoms with Gasteiger partial charge in [-0.05, 0) is 84.7 Å². The van der Waals surface area contributed by atoms with Crippen molar-refractivity contribution in [3.05, 3.63) is 143 Å². The zero-order chi connectivity index (χ0) is 43.6. The lowest BCUT2D eigenvalue weighted by atomic mass is 9.78. The molecule has 1 N–H and O–H groups in total. The molecule has 3 amide bonds. The molecular weight excluding hydrogens is 835 g/mol. The van der Waals surface area contributed by atoms with Crippen LogP contribution in [0.15, 0.2) is 122 Å². The number of Topliss-reactive ketones (excluding diaryl/α,β-unsaturated/α-hetero) is 1. The van der Waals surface area contributed by atoms with Gasteiger partial charge in [0, 0.05) is 43.7 Å². The Labute approximate surface area is 383 Å². The van der Waals surface area contributed by atoms with E-state index in [1.807, 2.05) is 82.9 Å². The van der Waals surface area contributed by atoms with Gasteiger partial charge < -0.3 is 15.1 Å². The third-order valence-electron chi connectivity index (χ3n) is 14.0. The fourth-order valence-corrected chi connectivity index (χ4v) is 11.9. The fourth-order valence-electron chi connectivity index (χ4n) is 9.74. The number of likely N-dealkylation sites (tertiary alicyclic amines) is 2. The molecule has 2 aliphatic heterocycles. The second-order valence-corrected chi connectivity index (χ2v) is 20.0. The maximum atomic E-state index is 14.3. The number of rotatable bonds is 14. The summed E-state index contributed by atoms with van der Waals surface area (Å²) in [5.41, 5.74) is 6.10. The van der Waals surface area contributed by atoms with E-state index in [2.05, 4.69) is 53.8 Å². The van der Waals surface area contributed by atoms with Gasteiger partial charge in [-0.25, -0.2) is 9.97 Å². The van der Waals surface area contributed by atoms with Gasteiger partial charge >= 0.3 is 0 Å². The van der Waals surface area contributed by atoms with Gasteiger partial charge in [0.25, 0.3) is 0 Å². The van der Waals surface area contributed by atoms with Gasteiger partial charge in [0.1, 0.15) is 21.8 Å². The van der Waals surface area contributed by atoms with E-state index in [4.69, 9.17) is 9.97 Å². The molecule has 10 rings (SSSR count). The summed E-state index contributed by atoms with van der Waals surface area (Å²) in [6, 6.07) is 35.6. The summed E-state index contributed by atoms with van der Waals surface area (Å²) in [7, 11) is 0. The van der Waals surface area contributed by atoms with E-state index in [1.165, 1.54) is 0 Å². The van der Waals surface area contributed by atoms with E-state index in [9.17, 15) is 19.2 Å². The van der Waals surface area contributed by atoms with Crippen molar-refractivity contribution in [2.45, 2.75) is 94.7 Å². The molecule has 0 bridgehead atoms. The van der Waals surface area contributed by atoms with Crippen molar-refractivity contribution in [2.24, 2.45) is 11.8 Å². The summed E-state index contributed by atoms with van der Waals surface area (Å²) >= 11 is 3.28. The van der Waals surface area contributed by atoms with E-state index < -0.39 is 12.0 Å². The highest BCUT2D eigenvalue weighted by Crippen LogP contribution is 2.42. The van der Waals surface area contributed by atoms with Crippen LogP contribution in [0.25, 0.3) is 32.0 Å². The Morgan fingerprint density at radius 2 is 1.02 bits per heavy atom. The lowest BCUT2D eigenvalue weighted by Crippen LogP contribution is -2.45. The molecule has 2 saturated carbocycles. The number of nitrogens with one attached hydrogen (secondary N) is 1. The van der Waals surface area contributed by atoms with Gasteiger partial charge in [0.05, 0.1) is 27.8 Å². The van der Waals surface area contributed by atoms with Crippen LogP contribution in [0.5, 0.6) is 0 Å². The highest BCUT2D eigenvalue weighted by molar-refractivity contribution is 7.15. The van der Waals surface area contributed by atoms with Crippen LogP contribution in [0.1, 0.15) is 116 Å². The molecule has 64 heavy (non-hydrogen) atoms. The second-order valence-electron chi connectivity index (χ2n) is 17.9. The minimum Gasteiger partial charge on any atom is -0.340 e. The van der Waals surface area contributed by atoms with E-state index in [0.717, 1.165) is 117 Å². The highest BCUT2D eigenvalue weighted by atomic mass is 32.1. The number of hydrogen-bond donors (Lipinski definition) is 1. The summed E-state index contributed by atoms with van der Waals surface area (Å²) in [5.74, 6) is -0.212. The van der Waals surface area contributed by atoms with E-state index in [1.54, 1.807) is 22.7 Å². The van der Waals surface area contributed by atoms with Crippen LogP contribution in [-0.4, -0.2) is 56.4 Å². The standard InChI is InChI=1S/C53H53N5O4S2/c59-45(37-15-7-16-37)31-42(36-11-3-1-4-12-36)52(61)57-29-9-19-43(57)50-54-32-46(63-50)38-25-21-34(22-26-38)35-23-27-39(28-24-35)47-33-55-51(64-47)44-20-10-30-58(44)53(62)48(40-13-5-2-6-14-40)56-49(60)41-17-8-18-41/h1-6,11-14,21-28,32-33,37,41-44,48H,7-10,15-20,29-31H2,(H,56,60)/t42-,43-,44-,48+/m0/s1. The van der Waals surface area contributed by atoms with Gasteiger partial charge in [0.15, 0.2) is 0 Å². The Kier molecular flexibility index (Phi) is 12.4. The van der Waals surface area contributed by atoms with Crippen molar-refractivity contribution in [1.29, 1.82) is 0 Å². The monoisotopic (exact) mass is 887 g/mol. The fraction of sp³-hybridized carbons (Fsp3) is 0.358. The number of carbonyl (C=O) groups excluding carboxylic acids is 4. The van der Waals surface area contributed by atoms with Crippen LogP contribution in [0, 0.1) is 11.8 Å². The molecule has 4 atom stereocenters. The maximum absolute atomic E-state index is 14.3. The average molecular weight is 888 g/mol. The molecule has 11 heteroatoms. The molecule has 4 fully saturated rings. The molecule has 2 aromatic heterocycles. The number of carbonyl (C=O) groups is 4. The molecule has 4 aromatic carbocycles. The zero-order valence-electron chi connectivity index (χ0n) is 35.9. The summed E-state index contributed by atoms with van der Waals surface area (Å²) < 4.78 is 0. The Morgan fingerprint density at radius 3 is 1.50 bits per heavy atom. The van der Waals surface area contributed by atoms with Gasteiger partial charge in [-0.15, -0.1) is 22.7 Å². The molecule has 0 unspecified atom stereocenters. The molecule has 0 radical (unpaired) electrons. The molecule has 4 heterocycles. The van der Waals surface area contributed by atoms with Crippen LogP contribution in [-0.2, 0) is 19.2 Å². The van der Waals surface area contributed by atoms with Crippen molar-refractivity contribution in [3.63, 3.8) is 0 Å². The number of thiazole rings is 2. The number of nitrogens with zero attached hydrogens (tertiary/aromatic N) is 4. The molecule has 4 aliphatic rings. The molecule has 6 aromatic rings. The van der Waals surface area contributed by atoms with Crippen molar-refractivity contribution in [1.82, 2.24) is 25.1 Å². The summed E-state index contributed by atoms with van der Waals surface area (Å²) in [6.45, 7) is 1.31. The molecule has 0 spiro atoms. The molecule has 2 aliphatic carbocycles. The summed E-state index contributed by atoms with van der Waals surface area (Å²) in [6.07, 6.45) is 13.4. The van der Waals surface area contributed by atoms with Crippen LogP contribution < -0.4 is 5.32 Å². The SMILES string of the molecule is O=C(C[C@H](C(=O)N1CCC[C@H]1c1ncc(-c2ccc(-c3ccc(-c4cnc([C@@H]5CCCN5C(=O)[C@H](NC(=O)C5CCC5)c5ccccc5)s4)cc3)cc2)s1)c1ccccc1)C1CCC1. The van der Waals surface area contributed by atoms with E-state index in [0.29, 0.717) is 13.1 Å². The van der Waals surface area contributed by atoms with Crippen molar-refractivity contribution in [2.75, 3.05) is 13.1 Å². The van der Waals surface area contributed by atoms with Crippen LogP contribution in [0.2, 0.25) is 0 Å². The predicted octanol–water partition coefficient (Wildman–Crippen LogP) is 11.1. The first-order valence-electron chi connectivity index (χ1n) is 23.0. The van der Waals surface area contributed by atoms with Crippen LogP contribution in [0.3, 0.4) is 0 Å². The van der Waals surface area contributed by atoms with Gasteiger partial charge in [-0.1, -0.05) is 122 Å². The smallest absolute Gasteiger partial charge is 0.250 e. The van der Waals surface area contributed by atoms with E-state index in [-0.39, 0.29) is 53.8 Å². The Hall–Kier alpha value is -5.78. The Balaban J connectivity index is 0.794. The predicted molar refractivity (Wildman–Crippen MR) is 252 cm³/mol. The third-order valence-corrected chi connectivity index (χ3v) is 16.3. The van der Waals surface area contributed by atoms with Gasteiger partial charge in [0.2, 0.25) is 17.7 Å². The second kappa shape index (κ2) is 18.7. The van der Waals surface area contributed by atoms with E-state index >= 15 is 0 Å². The maximum Gasteiger partial charge on any atom is 0.250 e. The van der Waals surface area contributed by atoms with Crippen molar-refractivity contribution in [3.8, 4) is 32.0 Å². The lowest BCUT2D eigenvalue weighted by molar-refractivity contribution is -0.139. The number of hydrogen-bond acceptors (Lipinski definition) is 8. The molecule has 2 saturated heterocycles. The first-order chi connectivity index (χ1) is 31.4. The molecule has 9 nitrogen and oxygen atoms in total.